The summed E-state index contributed by atoms with van der Waals surface area (Å²) in [5.74, 6) is 0.287. The average Bonchev–Trinajstić information content (AvgIpc) is 2.50. The first kappa shape index (κ1) is 18.4. The van der Waals surface area contributed by atoms with E-state index in [0.717, 1.165) is 30.6 Å². The number of Topliss-reactive ketones (excluding diaryl/α,β-unsaturated/α-hetero) is 1. The van der Waals surface area contributed by atoms with Crippen molar-refractivity contribution >= 4 is 28.4 Å². The zero-order chi connectivity index (χ0) is 15.5. The van der Waals surface area contributed by atoms with Gasteiger partial charge in [-0.15, -0.1) is 0 Å². The molecule has 0 saturated heterocycles. The monoisotopic (exact) mass is 399 g/mol. The fourth-order valence-corrected chi connectivity index (χ4v) is 2.81. The Labute approximate surface area is 142 Å². The van der Waals surface area contributed by atoms with Crippen LogP contribution in [0.15, 0.2) is 36.4 Å². The molecule has 0 bridgehead atoms. The summed E-state index contributed by atoms with van der Waals surface area (Å²) in [6, 6.07) is 7.88. The maximum Gasteiger partial charge on any atom is 0.167 e. The molecular formula is C18H26INO. The number of carbonyl (C=O) groups is 1. The van der Waals surface area contributed by atoms with Crippen molar-refractivity contribution in [3.63, 3.8) is 0 Å². The van der Waals surface area contributed by atoms with Gasteiger partial charge < -0.3 is 5.32 Å². The molecule has 1 aromatic rings. The topological polar surface area (TPSA) is 29.1 Å². The van der Waals surface area contributed by atoms with Crippen LogP contribution in [0.4, 0.5) is 0 Å². The maximum atomic E-state index is 12.7. The predicted octanol–water partition coefficient (Wildman–Crippen LogP) is 4.56. The van der Waals surface area contributed by atoms with E-state index in [4.69, 9.17) is 0 Å². The van der Waals surface area contributed by atoms with Crippen LogP contribution in [0, 0.1) is 12.8 Å². The van der Waals surface area contributed by atoms with E-state index in [1.54, 1.807) is 0 Å². The van der Waals surface area contributed by atoms with Crippen LogP contribution < -0.4 is 5.32 Å². The molecular weight excluding hydrogens is 373 g/mol. The second-order valence-electron chi connectivity index (χ2n) is 5.28. The minimum atomic E-state index is 0.0295. The highest BCUT2D eigenvalue weighted by molar-refractivity contribution is 14.1. The molecule has 0 aliphatic heterocycles. The number of halogens is 1. The number of alkyl halides is 1. The molecule has 0 radical (unpaired) electrons. The van der Waals surface area contributed by atoms with Gasteiger partial charge in [-0.3, -0.25) is 4.79 Å². The van der Waals surface area contributed by atoms with Crippen molar-refractivity contribution in [3.8, 4) is 0 Å². The van der Waals surface area contributed by atoms with Gasteiger partial charge in [0.15, 0.2) is 5.78 Å². The van der Waals surface area contributed by atoms with Gasteiger partial charge >= 0.3 is 0 Å². The summed E-state index contributed by atoms with van der Waals surface area (Å²) in [5, 5.41) is 3.44. The summed E-state index contributed by atoms with van der Waals surface area (Å²) in [6.45, 7) is 5.77. The standard InChI is InChI=1S/C18H26INO/c1-3-4-10-16(14-20-13-8-7-12-19)18(21)17-11-6-5-9-15(17)2/h3-6,9,11,16,20H,7-8,10,12-14H2,1-2H3/b4-3+. The average molecular weight is 399 g/mol. The minimum absolute atomic E-state index is 0.0295. The minimum Gasteiger partial charge on any atom is -0.316 e. The molecule has 1 rings (SSSR count). The van der Waals surface area contributed by atoms with Crippen molar-refractivity contribution in [2.45, 2.75) is 33.1 Å². The first-order valence-electron chi connectivity index (χ1n) is 7.68. The number of carbonyl (C=O) groups excluding carboxylic acids is 1. The van der Waals surface area contributed by atoms with Crippen molar-refractivity contribution in [1.82, 2.24) is 5.32 Å². The lowest BCUT2D eigenvalue weighted by molar-refractivity contribution is 0.0919. The normalized spacial score (nSPS) is 12.7. The van der Waals surface area contributed by atoms with E-state index in [2.05, 4.69) is 34.0 Å². The van der Waals surface area contributed by atoms with Crippen molar-refractivity contribution in [1.29, 1.82) is 0 Å². The SMILES string of the molecule is C/C=C/CC(CNCCCCI)C(=O)c1ccccc1C. The Morgan fingerprint density at radius 1 is 1.33 bits per heavy atom. The Bertz CT molecular complexity index is 456. The summed E-state index contributed by atoms with van der Waals surface area (Å²) in [5.41, 5.74) is 1.93. The van der Waals surface area contributed by atoms with Crippen molar-refractivity contribution in [3.05, 3.63) is 47.5 Å². The third kappa shape index (κ3) is 6.74. The van der Waals surface area contributed by atoms with Gasteiger partial charge in [0.1, 0.15) is 0 Å². The third-order valence-electron chi connectivity index (χ3n) is 3.57. The van der Waals surface area contributed by atoms with E-state index in [-0.39, 0.29) is 11.7 Å². The van der Waals surface area contributed by atoms with E-state index in [0.29, 0.717) is 0 Å². The molecule has 0 spiro atoms. The largest absolute Gasteiger partial charge is 0.316 e. The first-order chi connectivity index (χ1) is 10.2. The number of allylic oxidation sites excluding steroid dienone is 2. The smallest absolute Gasteiger partial charge is 0.167 e. The Hall–Kier alpha value is -0.680. The number of benzene rings is 1. The van der Waals surface area contributed by atoms with E-state index in [1.807, 2.05) is 44.2 Å². The fourth-order valence-electron chi connectivity index (χ4n) is 2.27. The Morgan fingerprint density at radius 3 is 2.76 bits per heavy atom. The van der Waals surface area contributed by atoms with Crippen molar-refractivity contribution in [2.75, 3.05) is 17.5 Å². The molecule has 0 amide bonds. The van der Waals surface area contributed by atoms with Gasteiger partial charge in [-0.1, -0.05) is 59.0 Å². The predicted molar refractivity (Wildman–Crippen MR) is 99.4 cm³/mol. The summed E-state index contributed by atoms with van der Waals surface area (Å²) in [6.07, 6.45) is 7.33. The van der Waals surface area contributed by atoms with Crippen LogP contribution in [-0.2, 0) is 0 Å². The molecule has 0 heterocycles. The van der Waals surface area contributed by atoms with Gasteiger partial charge in [-0.05, 0) is 49.6 Å². The van der Waals surface area contributed by atoms with Crippen LogP contribution in [0.3, 0.4) is 0 Å². The number of rotatable bonds is 10. The first-order valence-corrected chi connectivity index (χ1v) is 9.21. The van der Waals surface area contributed by atoms with E-state index >= 15 is 0 Å². The number of unbranched alkanes of at least 4 members (excludes halogenated alkanes) is 1. The zero-order valence-corrected chi connectivity index (χ0v) is 15.2. The number of ketones is 1. The second kappa shape index (κ2) is 11.0. The highest BCUT2D eigenvalue weighted by Gasteiger charge is 2.19. The summed E-state index contributed by atoms with van der Waals surface area (Å²) >= 11 is 2.40. The lowest BCUT2D eigenvalue weighted by Crippen LogP contribution is -2.29. The van der Waals surface area contributed by atoms with Crippen LogP contribution in [0.25, 0.3) is 0 Å². The molecule has 3 heteroatoms. The van der Waals surface area contributed by atoms with Crippen molar-refractivity contribution in [2.24, 2.45) is 5.92 Å². The highest BCUT2D eigenvalue weighted by Crippen LogP contribution is 2.16. The molecule has 1 atom stereocenters. The van der Waals surface area contributed by atoms with Gasteiger partial charge in [0.05, 0.1) is 0 Å². The molecule has 116 valence electrons. The van der Waals surface area contributed by atoms with Gasteiger partial charge in [0.25, 0.3) is 0 Å². The van der Waals surface area contributed by atoms with E-state index in [1.165, 1.54) is 17.3 Å². The number of hydrogen-bond donors (Lipinski definition) is 1. The van der Waals surface area contributed by atoms with Crippen LogP contribution >= 0.6 is 22.6 Å². The van der Waals surface area contributed by atoms with Crippen molar-refractivity contribution < 1.29 is 4.79 Å². The molecule has 2 nitrogen and oxygen atoms in total. The molecule has 0 aromatic heterocycles. The molecule has 1 aromatic carbocycles. The van der Waals surface area contributed by atoms with Crippen LogP contribution in [0.5, 0.6) is 0 Å². The quantitative estimate of drug-likeness (QED) is 0.205. The van der Waals surface area contributed by atoms with E-state index in [9.17, 15) is 4.79 Å². The zero-order valence-electron chi connectivity index (χ0n) is 13.1. The summed E-state index contributed by atoms with van der Waals surface area (Å²) < 4.78 is 1.20. The molecule has 0 aliphatic rings. The molecule has 0 saturated carbocycles. The van der Waals surface area contributed by atoms with Crippen LogP contribution in [0.2, 0.25) is 0 Å². The Kier molecular flexibility index (Phi) is 9.59. The lowest BCUT2D eigenvalue weighted by Gasteiger charge is -2.16. The van der Waals surface area contributed by atoms with Gasteiger partial charge in [-0.2, -0.15) is 0 Å². The van der Waals surface area contributed by atoms with Gasteiger partial charge in [0.2, 0.25) is 0 Å². The number of hydrogen-bond acceptors (Lipinski definition) is 2. The molecule has 1 unspecified atom stereocenters. The number of nitrogens with one attached hydrogen (secondary N) is 1. The lowest BCUT2D eigenvalue weighted by atomic mass is 9.92. The third-order valence-corrected chi connectivity index (χ3v) is 4.33. The summed E-state index contributed by atoms with van der Waals surface area (Å²) in [4.78, 5) is 12.7. The van der Waals surface area contributed by atoms with Crippen LogP contribution in [-0.4, -0.2) is 23.3 Å². The molecule has 0 aliphatic carbocycles. The number of aryl methyl sites for hydroxylation is 1. The Balaban J connectivity index is 2.64. The van der Waals surface area contributed by atoms with Crippen LogP contribution in [0.1, 0.15) is 42.1 Å². The maximum absolute atomic E-state index is 12.7. The molecule has 1 N–H and O–H groups in total. The van der Waals surface area contributed by atoms with Gasteiger partial charge in [0, 0.05) is 18.0 Å². The van der Waals surface area contributed by atoms with E-state index < -0.39 is 0 Å². The Morgan fingerprint density at radius 2 is 2.10 bits per heavy atom. The fraction of sp³-hybridized carbons (Fsp3) is 0.500. The molecule has 21 heavy (non-hydrogen) atoms. The molecule has 0 fully saturated rings. The van der Waals surface area contributed by atoms with Gasteiger partial charge in [-0.25, -0.2) is 0 Å². The summed E-state index contributed by atoms with van der Waals surface area (Å²) in [7, 11) is 0. The highest BCUT2D eigenvalue weighted by atomic mass is 127. The second-order valence-corrected chi connectivity index (χ2v) is 6.36.